The van der Waals surface area contributed by atoms with Crippen LogP contribution in [0.3, 0.4) is 0 Å². The van der Waals surface area contributed by atoms with E-state index in [0.717, 1.165) is 38.6 Å². The molecule has 166 valence electrons. The minimum atomic E-state index is -3.85. The number of nitrogens with zero attached hydrogens (tertiary/aromatic N) is 2. The Hall–Kier alpha value is -0.755. The fraction of sp³-hybridized carbons (Fsp3) is 0.941. The molecule has 0 spiro atoms. The second kappa shape index (κ2) is 9.17. The molecule has 2 heterocycles. The van der Waals surface area contributed by atoms with Gasteiger partial charge in [0.2, 0.25) is 0 Å². The third-order valence-electron chi connectivity index (χ3n) is 6.66. The largest absolute Gasteiger partial charge is 0.480 e. The van der Waals surface area contributed by atoms with Crippen molar-refractivity contribution in [2.45, 2.75) is 68.9 Å². The lowest BCUT2D eigenvalue weighted by atomic mass is 9.78. The fourth-order valence-electron chi connectivity index (χ4n) is 4.71. The van der Waals surface area contributed by atoms with Crippen LogP contribution in [0.1, 0.15) is 44.9 Å². The van der Waals surface area contributed by atoms with Gasteiger partial charge in [0, 0.05) is 37.6 Å². The molecule has 0 bridgehead atoms. The van der Waals surface area contributed by atoms with Crippen LogP contribution < -0.4 is 11.1 Å². The van der Waals surface area contributed by atoms with E-state index in [0.29, 0.717) is 19.4 Å². The predicted octanol–water partition coefficient (Wildman–Crippen LogP) is -1.20. The summed E-state index contributed by atoms with van der Waals surface area (Å²) >= 11 is 0. The van der Waals surface area contributed by atoms with Crippen LogP contribution in [0, 0.1) is 5.92 Å². The zero-order chi connectivity index (χ0) is 21.2. The molecule has 0 amide bonds. The van der Waals surface area contributed by atoms with Gasteiger partial charge in [-0.3, -0.25) is 4.79 Å². The molecule has 3 aliphatic rings. The number of hydrogen-bond donors (Lipinski definition) is 5. The SMILES string of the molecule is N[C@@]1(C(=O)O)CN(S(=O)(=O)N(C2CCC2)[C@@H]2CCCNC2)C[C@@H]1CCCB(O)O. The highest BCUT2D eigenvalue weighted by Crippen LogP contribution is 2.37. The molecule has 0 aromatic rings. The molecule has 12 heteroatoms. The lowest BCUT2D eigenvalue weighted by molar-refractivity contribution is -0.144. The van der Waals surface area contributed by atoms with Gasteiger partial charge in [-0.25, -0.2) is 0 Å². The van der Waals surface area contributed by atoms with Crippen molar-refractivity contribution in [2.75, 3.05) is 26.2 Å². The number of carbonyl (C=O) groups is 1. The highest BCUT2D eigenvalue weighted by molar-refractivity contribution is 7.86. The average molecular weight is 432 g/mol. The normalized spacial score (nSPS) is 31.7. The monoisotopic (exact) mass is 432 g/mol. The molecule has 0 aromatic heterocycles. The molecule has 3 fully saturated rings. The van der Waals surface area contributed by atoms with Crippen LogP contribution in [0.5, 0.6) is 0 Å². The Morgan fingerprint density at radius 2 is 1.93 bits per heavy atom. The summed E-state index contributed by atoms with van der Waals surface area (Å²) in [4.78, 5) is 11.9. The lowest BCUT2D eigenvalue weighted by Gasteiger charge is -2.44. The Morgan fingerprint density at radius 3 is 2.45 bits per heavy atom. The van der Waals surface area contributed by atoms with Gasteiger partial charge in [-0.15, -0.1) is 0 Å². The highest BCUT2D eigenvalue weighted by Gasteiger charge is 2.54. The minimum absolute atomic E-state index is 0.0366. The standard InChI is InChI=1S/C17H33BN4O6S/c19-17(16(23)24)12-21(11-13(17)4-2-8-18(25)26)29(27,28)22(14-5-1-6-14)15-7-3-9-20-10-15/h13-15,20,25-26H,1-12,19H2,(H,23,24)/t13-,15+,17-/m0/s1. The van der Waals surface area contributed by atoms with Gasteiger partial charge in [0.05, 0.1) is 0 Å². The van der Waals surface area contributed by atoms with E-state index in [1.165, 1.54) is 4.31 Å². The van der Waals surface area contributed by atoms with E-state index in [2.05, 4.69) is 5.32 Å². The number of aliphatic carboxylic acids is 1. The number of rotatable bonds is 9. The van der Waals surface area contributed by atoms with Gasteiger partial charge in [-0.1, -0.05) is 12.8 Å². The molecule has 1 aliphatic carbocycles. The number of carboxylic acid groups (broad SMARTS) is 1. The van der Waals surface area contributed by atoms with Crippen molar-refractivity contribution in [1.29, 1.82) is 0 Å². The van der Waals surface area contributed by atoms with E-state index in [1.54, 1.807) is 4.31 Å². The maximum Gasteiger partial charge on any atom is 0.451 e. The molecular formula is C17H33BN4O6S. The summed E-state index contributed by atoms with van der Waals surface area (Å²) in [5.41, 5.74) is 4.51. The number of piperidine rings is 1. The van der Waals surface area contributed by atoms with Gasteiger partial charge < -0.3 is 26.2 Å². The molecule has 1 saturated carbocycles. The van der Waals surface area contributed by atoms with Crippen LogP contribution in [0.2, 0.25) is 6.32 Å². The molecule has 3 atom stereocenters. The second-order valence-corrected chi connectivity index (χ2v) is 10.5. The van der Waals surface area contributed by atoms with Gasteiger partial charge in [0.25, 0.3) is 10.2 Å². The Labute approximate surface area is 172 Å². The number of hydrogen-bond acceptors (Lipinski definition) is 7. The summed E-state index contributed by atoms with van der Waals surface area (Å²) in [7, 11) is -5.33. The van der Waals surface area contributed by atoms with Crippen LogP contribution in [0.25, 0.3) is 0 Å². The summed E-state index contributed by atoms with van der Waals surface area (Å²) < 4.78 is 30.1. The van der Waals surface area contributed by atoms with Gasteiger partial charge in [-0.05, 0) is 45.0 Å². The molecule has 0 aromatic carbocycles. The Bertz CT molecular complexity index is 685. The maximum atomic E-state index is 13.6. The third-order valence-corrected chi connectivity index (χ3v) is 8.72. The van der Waals surface area contributed by atoms with Gasteiger partial charge >= 0.3 is 13.1 Å². The van der Waals surface area contributed by atoms with Crippen molar-refractivity contribution >= 4 is 23.3 Å². The fourth-order valence-corrected chi connectivity index (χ4v) is 6.86. The van der Waals surface area contributed by atoms with Gasteiger partial charge in [0.1, 0.15) is 5.54 Å². The van der Waals surface area contributed by atoms with Gasteiger partial charge in [0.15, 0.2) is 0 Å². The first kappa shape index (κ1) is 22.9. The third kappa shape index (κ3) is 4.78. The van der Waals surface area contributed by atoms with Crippen molar-refractivity contribution in [1.82, 2.24) is 13.9 Å². The predicted molar refractivity (Wildman–Crippen MR) is 108 cm³/mol. The summed E-state index contributed by atoms with van der Waals surface area (Å²) in [5, 5.41) is 31.1. The van der Waals surface area contributed by atoms with Crippen LogP contribution in [-0.2, 0) is 15.0 Å². The summed E-state index contributed by atoms with van der Waals surface area (Å²) in [6, 6.07) is -0.162. The minimum Gasteiger partial charge on any atom is -0.480 e. The summed E-state index contributed by atoms with van der Waals surface area (Å²) in [6.07, 6.45) is 5.14. The zero-order valence-electron chi connectivity index (χ0n) is 16.7. The van der Waals surface area contributed by atoms with E-state index in [-0.39, 0.29) is 31.5 Å². The van der Waals surface area contributed by atoms with Gasteiger partial charge in [-0.2, -0.15) is 17.0 Å². The van der Waals surface area contributed by atoms with Crippen LogP contribution in [0.4, 0.5) is 0 Å². The Morgan fingerprint density at radius 1 is 1.24 bits per heavy atom. The molecule has 6 N–H and O–H groups in total. The molecule has 0 unspecified atom stereocenters. The van der Waals surface area contributed by atoms with E-state index >= 15 is 0 Å². The average Bonchev–Trinajstić information content (AvgIpc) is 2.97. The Kier molecular flexibility index (Phi) is 7.25. The zero-order valence-corrected chi connectivity index (χ0v) is 17.6. The first-order valence-electron chi connectivity index (χ1n) is 10.5. The number of nitrogens with one attached hydrogen (secondary N) is 1. The van der Waals surface area contributed by atoms with E-state index in [1.807, 2.05) is 0 Å². The van der Waals surface area contributed by atoms with Crippen molar-refractivity contribution in [3.05, 3.63) is 0 Å². The molecule has 10 nitrogen and oxygen atoms in total. The smallest absolute Gasteiger partial charge is 0.451 e. The van der Waals surface area contributed by atoms with Crippen LogP contribution in [0.15, 0.2) is 0 Å². The molecule has 3 rings (SSSR count). The van der Waals surface area contributed by atoms with Crippen molar-refractivity contribution in [3.8, 4) is 0 Å². The number of nitrogens with two attached hydrogens (primary N) is 1. The van der Waals surface area contributed by atoms with Crippen LogP contribution >= 0.6 is 0 Å². The maximum absolute atomic E-state index is 13.6. The molecule has 2 saturated heterocycles. The van der Waals surface area contributed by atoms with Crippen LogP contribution in [-0.4, -0.2) is 89.1 Å². The topological polar surface area (TPSA) is 156 Å². The van der Waals surface area contributed by atoms with Crippen molar-refractivity contribution in [2.24, 2.45) is 11.7 Å². The quantitative estimate of drug-likeness (QED) is 0.285. The van der Waals surface area contributed by atoms with Crippen molar-refractivity contribution in [3.63, 3.8) is 0 Å². The van der Waals surface area contributed by atoms with E-state index in [9.17, 15) is 18.3 Å². The van der Waals surface area contributed by atoms with Crippen molar-refractivity contribution < 1.29 is 28.4 Å². The number of carboxylic acids is 1. The molecular weight excluding hydrogens is 399 g/mol. The molecule has 0 radical (unpaired) electrons. The molecule has 29 heavy (non-hydrogen) atoms. The summed E-state index contributed by atoms with van der Waals surface area (Å²) in [5.74, 6) is -1.81. The lowest BCUT2D eigenvalue weighted by Crippen LogP contribution is -2.59. The first-order chi connectivity index (χ1) is 13.7. The highest BCUT2D eigenvalue weighted by atomic mass is 32.2. The summed E-state index contributed by atoms with van der Waals surface area (Å²) in [6.45, 7) is 1.26. The van der Waals surface area contributed by atoms with E-state index in [4.69, 9.17) is 15.8 Å². The Balaban J connectivity index is 1.79. The van der Waals surface area contributed by atoms with E-state index < -0.39 is 34.8 Å². The molecule has 2 aliphatic heterocycles. The first-order valence-corrected chi connectivity index (χ1v) is 11.9. The second-order valence-electron chi connectivity index (χ2n) is 8.67.